The smallest absolute Gasteiger partial charge is 0.326 e. The van der Waals surface area contributed by atoms with Crippen molar-refractivity contribution in [1.82, 2.24) is 10.2 Å². The Bertz CT molecular complexity index is 1230. The lowest BCUT2D eigenvalue weighted by atomic mass is 10.0. The van der Waals surface area contributed by atoms with Crippen LogP contribution < -0.4 is 15.5 Å². The molecular weight excluding hydrogens is 455 g/mol. The number of halogens is 1. The molecular formula is C25H25FN4O5. The summed E-state index contributed by atoms with van der Waals surface area (Å²) in [6.07, 6.45) is 0.813. The largest absolute Gasteiger partial charge is 0.380 e. The molecule has 0 bridgehead atoms. The first kappa shape index (κ1) is 23.0. The summed E-state index contributed by atoms with van der Waals surface area (Å²) in [4.78, 5) is 52.9. The molecule has 0 saturated carbocycles. The second-order valence-corrected chi connectivity index (χ2v) is 8.83. The van der Waals surface area contributed by atoms with Crippen LogP contribution in [0.3, 0.4) is 0 Å². The van der Waals surface area contributed by atoms with E-state index in [-0.39, 0.29) is 49.7 Å². The van der Waals surface area contributed by atoms with Gasteiger partial charge in [0.1, 0.15) is 11.9 Å². The molecule has 3 aliphatic rings. The molecule has 10 heteroatoms. The van der Waals surface area contributed by atoms with E-state index in [1.165, 1.54) is 15.9 Å². The molecule has 2 atom stereocenters. The van der Waals surface area contributed by atoms with Crippen LogP contribution in [0, 0.1) is 5.82 Å². The van der Waals surface area contributed by atoms with E-state index >= 15 is 0 Å². The van der Waals surface area contributed by atoms with Crippen molar-refractivity contribution in [2.24, 2.45) is 0 Å². The highest BCUT2D eigenvalue weighted by Crippen LogP contribution is 2.35. The zero-order valence-electron chi connectivity index (χ0n) is 19.2. The Kier molecular flexibility index (Phi) is 5.98. The van der Waals surface area contributed by atoms with Gasteiger partial charge in [-0.15, -0.1) is 0 Å². The van der Waals surface area contributed by atoms with Gasteiger partial charge >= 0.3 is 6.03 Å². The zero-order chi connectivity index (χ0) is 24.7. The minimum Gasteiger partial charge on any atom is -0.380 e. The minimum atomic E-state index is -0.707. The fraction of sp³-hybridized carbons (Fsp3) is 0.360. The van der Waals surface area contributed by atoms with Crippen molar-refractivity contribution >= 4 is 35.1 Å². The van der Waals surface area contributed by atoms with Gasteiger partial charge in [0.2, 0.25) is 11.8 Å². The molecule has 5 rings (SSSR count). The van der Waals surface area contributed by atoms with Crippen molar-refractivity contribution in [3.63, 3.8) is 0 Å². The second kappa shape index (κ2) is 9.10. The van der Waals surface area contributed by atoms with Gasteiger partial charge in [0, 0.05) is 42.8 Å². The number of nitrogens with zero attached hydrogens (tertiary/aromatic N) is 2. The van der Waals surface area contributed by atoms with Crippen LogP contribution >= 0.6 is 0 Å². The predicted octanol–water partition coefficient (Wildman–Crippen LogP) is 2.59. The Labute approximate surface area is 201 Å². The number of urea groups is 1. The van der Waals surface area contributed by atoms with Crippen LogP contribution in [0.1, 0.15) is 41.3 Å². The number of carbonyl (C=O) groups excluding carboxylic acids is 4. The molecule has 3 aliphatic heterocycles. The van der Waals surface area contributed by atoms with Crippen molar-refractivity contribution in [3.8, 4) is 0 Å². The van der Waals surface area contributed by atoms with Crippen LogP contribution in [0.4, 0.5) is 20.6 Å². The molecule has 9 nitrogen and oxygen atoms in total. The molecule has 3 heterocycles. The van der Waals surface area contributed by atoms with Gasteiger partial charge in [-0.3, -0.25) is 24.6 Å². The number of carbonyl (C=O) groups is 4. The number of hydrogen-bond acceptors (Lipinski definition) is 5. The Balaban J connectivity index is 1.34. The molecule has 1 saturated heterocycles. The fourth-order valence-electron chi connectivity index (χ4n) is 5.00. The zero-order valence-corrected chi connectivity index (χ0v) is 19.2. The van der Waals surface area contributed by atoms with E-state index in [0.29, 0.717) is 41.1 Å². The van der Waals surface area contributed by atoms with Gasteiger partial charge < -0.3 is 15.0 Å². The van der Waals surface area contributed by atoms with Crippen molar-refractivity contribution in [1.29, 1.82) is 0 Å². The normalized spacial score (nSPS) is 21.1. The lowest BCUT2D eigenvalue weighted by Gasteiger charge is -2.29. The molecule has 2 aromatic carbocycles. The number of anilines is 2. The number of ether oxygens (including phenoxy) is 1. The van der Waals surface area contributed by atoms with E-state index in [0.717, 1.165) is 0 Å². The predicted molar refractivity (Wildman–Crippen MR) is 124 cm³/mol. The first-order valence-electron chi connectivity index (χ1n) is 11.6. The summed E-state index contributed by atoms with van der Waals surface area (Å²) in [6, 6.07) is 8.13. The topological polar surface area (TPSA) is 108 Å². The molecule has 0 spiro atoms. The number of fused-ring (bicyclic) bond motifs is 2. The Morgan fingerprint density at radius 1 is 1.23 bits per heavy atom. The summed E-state index contributed by atoms with van der Waals surface area (Å²) < 4.78 is 19.9. The summed E-state index contributed by atoms with van der Waals surface area (Å²) >= 11 is 0. The first-order valence-corrected chi connectivity index (χ1v) is 11.6. The number of benzene rings is 2. The third kappa shape index (κ3) is 4.14. The average molecular weight is 480 g/mol. The van der Waals surface area contributed by atoms with Crippen LogP contribution in [-0.4, -0.2) is 54.0 Å². The number of hydrogen-bond donors (Lipinski definition) is 2. The minimum absolute atomic E-state index is 0.179. The van der Waals surface area contributed by atoms with E-state index in [1.54, 1.807) is 30.3 Å². The highest BCUT2D eigenvalue weighted by atomic mass is 19.1. The lowest BCUT2D eigenvalue weighted by molar-refractivity contribution is -0.136. The van der Waals surface area contributed by atoms with E-state index in [1.807, 2.05) is 6.92 Å². The molecule has 35 heavy (non-hydrogen) atoms. The monoisotopic (exact) mass is 480 g/mol. The van der Waals surface area contributed by atoms with E-state index in [4.69, 9.17) is 4.74 Å². The van der Waals surface area contributed by atoms with E-state index in [9.17, 15) is 23.6 Å². The third-order valence-electron chi connectivity index (χ3n) is 6.67. The maximum atomic E-state index is 14.4. The Morgan fingerprint density at radius 3 is 2.83 bits per heavy atom. The maximum Gasteiger partial charge on any atom is 0.326 e. The fourth-order valence-corrected chi connectivity index (χ4v) is 5.00. The van der Waals surface area contributed by atoms with E-state index < -0.39 is 18.0 Å². The van der Waals surface area contributed by atoms with Crippen molar-refractivity contribution < 1.29 is 28.3 Å². The SMILES string of the molecule is CCOC[C@@H]1Cc2c(F)cccc2N1C(=O)Nc1ccc2c(c1)CN(C1CCC(=O)NC1=O)C2=O. The first-order chi connectivity index (χ1) is 16.9. The summed E-state index contributed by atoms with van der Waals surface area (Å²) in [6.45, 7) is 2.82. The summed E-state index contributed by atoms with van der Waals surface area (Å²) in [7, 11) is 0. The second-order valence-electron chi connectivity index (χ2n) is 8.83. The van der Waals surface area contributed by atoms with Crippen LogP contribution in [0.5, 0.6) is 0 Å². The molecule has 2 N–H and O–H groups in total. The van der Waals surface area contributed by atoms with Crippen LogP contribution in [0.15, 0.2) is 36.4 Å². The quantitative estimate of drug-likeness (QED) is 0.640. The number of amides is 5. The molecule has 0 aromatic heterocycles. The standard InChI is InChI=1S/C25H25FN4O5/c1-2-35-13-16-11-18-19(26)4-3-5-20(18)30(16)25(34)27-15-6-7-17-14(10-15)12-29(24(17)33)21-8-9-22(31)28-23(21)32/h3-7,10,16,21H,2,8-9,11-13H2,1H3,(H,27,34)(H,28,31,32)/t16-,21?/m0/s1. The number of imide groups is 1. The molecule has 2 aromatic rings. The lowest BCUT2D eigenvalue weighted by Crippen LogP contribution is -2.52. The highest BCUT2D eigenvalue weighted by molar-refractivity contribution is 6.07. The van der Waals surface area contributed by atoms with Crippen LogP contribution in [0.2, 0.25) is 0 Å². The summed E-state index contributed by atoms with van der Waals surface area (Å²) in [5.41, 5.74) is 2.60. The van der Waals surface area contributed by atoms with Crippen molar-refractivity contribution in [2.45, 2.75) is 44.8 Å². The van der Waals surface area contributed by atoms with Gasteiger partial charge in [-0.25, -0.2) is 9.18 Å². The summed E-state index contributed by atoms with van der Waals surface area (Å²) in [5, 5.41) is 5.14. The van der Waals surface area contributed by atoms with Crippen molar-refractivity contribution in [3.05, 3.63) is 58.9 Å². The molecule has 1 fully saturated rings. The van der Waals surface area contributed by atoms with Gasteiger partial charge in [-0.2, -0.15) is 0 Å². The van der Waals surface area contributed by atoms with Gasteiger partial charge in [0.05, 0.1) is 18.3 Å². The number of nitrogens with one attached hydrogen (secondary N) is 2. The molecule has 182 valence electrons. The Morgan fingerprint density at radius 2 is 2.06 bits per heavy atom. The molecule has 0 radical (unpaired) electrons. The Hall–Kier alpha value is -3.79. The van der Waals surface area contributed by atoms with Crippen molar-refractivity contribution in [2.75, 3.05) is 23.4 Å². The number of piperidine rings is 1. The van der Waals surface area contributed by atoms with Gasteiger partial charge in [0.15, 0.2) is 0 Å². The number of rotatable bonds is 5. The average Bonchev–Trinajstić information content (AvgIpc) is 3.36. The van der Waals surface area contributed by atoms with Gasteiger partial charge in [0.25, 0.3) is 5.91 Å². The van der Waals surface area contributed by atoms with E-state index in [2.05, 4.69) is 10.6 Å². The van der Waals surface area contributed by atoms with Gasteiger partial charge in [-0.05, 0) is 49.2 Å². The van der Waals surface area contributed by atoms with Crippen LogP contribution in [-0.2, 0) is 27.3 Å². The molecule has 0 aliphatic carbocycles. The molecule has 5 amide bonds. The van der Waals surface area contributed by atoms with Crippen LogP contribution in [0.25, 0.3) is 0 Å². The van der Waals surface area contributed by atoms with Gasteiger partial charge in [-0.1, -0.05) is 6.07 Å². The third-order valence-corrected chi connectivity index (χ3v) is 6.67. The molecule has 1 unspecified atom stereocenters. The summed E-state index contributed by atoms with van der Waals surface area (Å²) in [5.74, 6) is -1.46. The highest BCUT2D eigenvalue weighted by Gasteiger charge is 2.39. The maximum absolute atomic E-state index is 14.4.